The van der Waals surface area contributed by atoms with Crippen LogP contribution in [-0.2, 0) is 0 Å². The molecule has 0 spiro atoms. The van der Waals surface area contributed by atoms with Gasteiger partial charge in [-0.25, -0.2) is 0 Å². The van der Waals surface area contributed by atoms with Crippen molar-refractivity contribution in [2.75, 3.05) is 59.4 Å². The molecule has 0 bridgehead atoms. The Kier molecular flexibility index (Phi) is 12.7. The zero-order valence-corrected chi connectivity index (χ0v) is 20.5. The summed E-state index contributed by atoms with van der Waals surface area (Å²) in [6.07, 6.45) is 2.43. The number of piperazine rings is 1. The number of nitrogens with one attached hydrogen (secondary N) is 2. The van der Waals surface area contributed by atoms with E-state index in [-0.39, 0.29) is 24.0 Å². The van der Waals surface area contributed by atoms with Crippen molar-refractivity contribution in [3.63, 3.8) is 0 Å². The molecule has 2 N–H and O–H groups in total. The Balaban J connectivity index is 0.00000392. The van der Waals surface area contributed by atoms with Crippen LogP contribution in [-0.4, -0.2) is 75.2 Å². The number of benzene rings is 1. The molecule has 160 valence electrons. The second-order valence-corrected chi connectivity index (χ2v) is 7.81. The van der Waals surface area contributed by atoms with Gasteiger partial charge in [0.2, 0.25) is 0 Å². The van der Waals surface area contributed by atoms with Gasteiger partial charge in [0, 0.05) is 51.7 Å². The number of aryl methyl sites for hydroxylation is 1. The highest BCUT2D eigenvalue weighted by Gasteiger charge is 2.12. The number of hydrogen-bond acceptors (Lipinski definition) is 3. The zero-order chi connectivity index (χ0) is 19.5. The molecule has 1 aliphatic heterocycles. The van der Waals surface area contributed by atoms with E-state index in [1.807, 2.05) is 0 Å². The number of halogens is 1. The van der Waals surface area contributed by atoms with Crippen molar-refractivity contribution < 1.29 is 0 Å². The van der Waals surface area contributed by atoms with Crippen LogP contribution < -0.4 is 10.6 Å². The highest BCUT2D eigenvalue weighted by Crippen LogP contribution is 2.16. The molecule has 1 aromatic carbocycles. The maximum absolute atomic E-state index is 4.79. The second kappa shape index (κ2) is 14.2. The molecule has 0 radical (unpaired) electrons. The summed E-state index contributed by atoms with van der Waals surface area (Å²) in [6, 6.07) is 8.74. The van der Waals surface area contributed by atoms with Crippen molar-refractivity contribution in [2.45, 2.75) is 39.5 Å². The Morgan fingerprint density at radius 3 is 2.57 bits per heavy atom. The summed E-state index contributed by atoms with van der Waals surface area (Å²) in [7, 11) is 2.21. The van der Waals surface area contributed by atoms with Crippen LogP contribution >= 0.6 is 24.0 Å². The molecule has 0 saturated carbocycles. The smallest absolute Gasteiger partial charge is 0.191 e. The van der Waals surface area contributed by atoms with Gasteiger partial charge in [0.25, 0.3) is 0 Å². The predicted octanol–water partition coefficient (Wildman–Crippen LogP) is 3.30. The minimum atomic E-state index is 0. The molecule has 1 aromatic rings. The van der Waals surface area contributed by atoms with E-state index in [1.165, 1.54) is 56.7 Å². The molecule has 0 amide bonds. The Morgan fingerprint density at radius 1 is 1.14 bits per heavy atom. The van der Waals surface area contributed by atoms with E-state index in [0.717, 1.165) is 25.6 Å². The maximum atomic E-state index is 4.79. The lowest BCUT2D eigenvalue weighted by molar-refractivity contribution is 0.152. The number of nitrogens with zero attached hydrogens (tertiary/aromatic N) is 3. The summed E-state index contributed by atoms with van der Waals surface area (Å²) >= 11 is 0. The van der Waals surface area contributed by atoms with Crippen LogP contribution in [0.2, 0.25) is 0 Å². The molecule has 1 saturated heterocycles. The van der Waals surface area contributed by atoms with E-state index in [4.69, 9.17) is 4.99 Å². The van der Waals surface area contributed by atoms with Gasteiger partial charge in [-0.2, -0.15) is 0 Å². The first-order chi connectivity index (χ1) is 13.1. The Bertz CT molecular complexity index is 570. The van der Waals surface area contributed by atoms with E-state index >= 15 is 0 Å². The fourth-order valence-electron chi connectivity index (χ4n) is 3.39. The van der Waals surface area contributed by atoms with Gasteiger partial charge in [0.1, 0.15) is 0 Å². The lowest BCUT2D eigenvalue weighted by atomic mass is 10.00. The number of hydrogen-bond donors (Lipinski definition) is 2. The molecule has 2 rings (SSSR count). The van der Waals surface area contributed by atoms with E-state index in [2.05, 4.69) is 72.5 Å². The lowest BCUT2D eigenvalue weighted by Crippen LogP contribution is -2.44. The van der Waals surface area contributed by atoms with Gasteiger partial charge < -0.3 is 20.4 Å². The summed E-state index contributed by atoms with van der Waals surface area (Å²) < 4.78 is 0. The fourth-order valence-corrected chi connectivity index (χ4v) is 3.39. The fraction of sp³-hybridized carbons (Fsp3) is 0.682. The topological polar surface area (TPSA) is 42.9 Å². The van der Waals surface area contributed by atoms with Gasteiger partial charge in [-0.3, -0.25) is 4.99 Å². The van der Waals surface area contributed by atoms with Gasteiger partial charge >= 0.3 is 0 Å². The van der Waals surface area contributed by atoms with Gasteiger partial charge in [-0.05, 0) is 45.8 Å². The molecule has 1 atom stereocenters. The number of unbranched alkanes of at least 4 members (excludes halogenated alkanes) is 1. The van der Waals surface area contributed by atoms with Crippen LogP contribution in [0, 0.1) is 6.92 Å². The normalized spacial score (nSPS) is 17.1. The molecule has 1 heterocycles. The first-order valence-corrected chi connectivity index (χ1v) is 10.6. The van der Waals surface area contributed by atoms with Gasteiger partial charge in [-0.15, -0.1) is 24.0 Å². The summed E-state index contributed by atoms with van der Waals surface area (Å²) in [4.78, 5) is 9.79. The number of likely N-dealkylation sites (N-methyl/N-ethyl adjacent to an activating group) is 1. The Hall–Kier alpha value is -0.860. The average Bonchev–Trinajstić information content (AvgIpc) is 2.67. The zero-order valence-electron chi connectivity index (χ0n) is 18.2. The highest BCUT2D eigenvalue weighted by atomic mass is 127. The van der Waals surface area contributed by atoms with Crippen molar-refractivity contribution in [2.24, 2.45) is 4.99 Å². The number of guanidine groups is 1. The van der Waals surface area contributed by atoms with Crippen molar-refractivity contribution in [1.82, 2.24) is 20.4 Å². The van der Waals surface area contributed by atoms with Crippen LogP contribution in [0.15, 0.2) is 29.3 Å². The van der Waals surface area contributed by atoms with E-state index in [0.29, 0.717) is 5.92 Å². The monoisotopic (exact) mass is 501 g/mol. The molecule has 1 fully saturated rings. The lowest BCUT2D eigenvalue weighted by Gasteiger charge is -2.32. The van der Waals surface area contributed by atoms with Crippen LogP contribution in [0.3, 0.4) is 0 Å². The third-order valence-corrected chi connectivity index (χ3v) is 5.27. The highest BCUT2D eigenvalue weighted by molar-refractivity contribution is 14.0. The quantitative estimate of drug-likeness (QED) is 0.236. The van der Waals surface area contributed by atoms with Crippen molar-refractivity contribution in [3.8, 4) is 0 Å². The molecular weight excluding hydrogens is 461 g/mol. The van der Waals surface area contributed by atoms with Crippen molar-refractivity contribution in [3.05, 3.63) is 35.4 Å². The van der Waals surface area contributed by atoms with Crippen LogP contribution in [0.25, 0.3) is 0 Å². The molecular formula is C22H40IN5. The third-order valence-electron chi connectivity index (χ3n) is 5.27. The minimum Gasteiger partial charge on any atom is -0.357 e. The van der Waals surface area contributed by atoms with Gasteiger partial charge in [0.15, 0.2) is 5.96 Å². The predicted molar refractivity (Wildman–Crippen MR) is 132 cm³/mol. The van der Waals surface area contributed by atoms with E-state index < -0.39 is 0 Å². The maximum Gasteiger partial charge on any atom is 0.191 e. The number of aliphatic imine (C=N–C) groups is 1. The summed E-state index contributed by atoms with van der Waals surface area (Å²) in [5.74, 6) is 1.37. The summed E-state index contributed by atoms with van der Waals surface area (Å²) in [5, 5.41) is 6.86. The molecule has 6 heteroatoms. The van der Waals surface area contributed by atoms with Gasteiger partial charge in [0.05, 0.1) is 0 Å². The average molecular weight is 502 g/mol. The van der Waals surface area contributed by atoms with Crippen molar-refractivity contribution in [1.29, 1.82) is 0 Å². The summed E-state index contributed by atoms with van der Waals surface area (Å²) in [6.45, 7) is 15.2. The molecule has 1 aliphatic rings. The molecule has 5 nitrogen and oxygen atoms in total. The molecule has 0 aliphatic carbocycles. The van der Waals surface area contributed by atoms with Crippen molar-refractivity contribution >= 4 is 29.9 Å². The van der Waals surface area contributed by atoms with Gasteiger partial charge in [-0.1, -0.05) is 36.8 Å². The first-order valence-electron chi connectivity index (χ1n) is 10.6. The van der Waals surface area contributed by atoms with E-state index in [1.54, 1.807) is 0 Å². The second-order valence-electron chi connectivity index (χ2n) is 7.81. The summed E-state index contributed by atoms with van der Waals surface area (Å²) in [5.41, 5.74) is 2.68. The molecule has 1 unspecified atom stereocenters. The molecule has 28 heavy (non-hydrogen) atoms. The molecule has 0 aromatic heterocycles. The Labute approximate surface area is 189 Å². The Morgan fingerprint density at radius 2 is 1.89 bits per heavy atom. The standard InChI is InChI=1S/C22H39N5.HI/c1-5-23-22(25-18-20(3)21-10-8-9-19(2)17-21)24-11-6-7-12-27-15-13-26(4)14-16-27;/h8-10,17,20H,5-7,11-16,18H2,1-4H3,(H2,23,24,25);1H. The van der Waals surface area contributed by atoms with Crippen LogP contribution in [0.5, 0.6) is 0 Å². The first kappa shape index (κ1) is 25.2. The van der Waals surface area contributed by atoms with Crippen LogP contribution in [0.4, 0.5) is 0 Å². The van der Waals surface area contributed by atoms with Crippen LogP contribution in [0.1, 0.15) is 43.7 Å². The largest absolute Gasteiger partial charge is 0.357 e. The minimum absolute atomic E-state index is 0. The SMILES string of the molecule is CCNC(=NCC(C)c1cccc(C)c1)NCCCCN1CCN(C)CC1.I. The van der Waals surface area contributed by atoms with E-state index in [9.17, 15) is 0 Å². The number of rotatable bonds is 9. The third kappa shape index (κ3) is 9.56.